The topological polar surface area (TPSA) is 68.7 Å². The third-order valence-electron chi connectivity index (χ3n) is 3.28. The molecule has 0 atom stereocenters. The Bertz CT molecular complexity index is 532. The third-order valence-corrected chi connectivity index (χ3v) is 3.28. The van der Waals surface area contributed by atoms with Gasteiger partial charge < -0.3 is 10.5 Å². The lowest BCUT2D eigenvalue weighted by Crippen LogP contribution is -2.37. The second kappa shape index (κ2) is 4.91. The van der Waals surface area contributed by atoms with E-state index in [1.165, 1.54) is 0 Å². The summed E-state index contributed by atoms with van der Waals surface area (Å²) >= 11 is 0. The molecule has 2 aromatic heterocycles. The number of nitrogen functional groups attached to an aromatic ring is 1. The zero-order valence-electron chi connectivity index (χ0n) is 10.2. The van der Waals surface area contributed by atoms with Crippen LogP contribution in [-0.2, 0) is 11.2 Å². The number of hydrogen-bond donors (Lipinski definition) is 1. The highest BCUT2D eigenvalue weighted by molar-refractivity contribution is 5.47. The zero-order chi connectivity index (χ0) is 12.4. The van der Waals surface area contributed by atoms with Crippen LogP contribution in [0.1, 0.15) is 5.82 Å². The summed E-state index contributed by atoms with van der Waals surface area (Å²) in [6, 6.07) is 5.68. The number of aromatic nitrogens is 3. The van der Waals surface area contributed by atoms with Crippen molar-refractivity contribution in [3.05, 3.63) is 24.0 Å². The van der Waals surface area contributed by atoms with Crippen LogP contribution in [0.3, 0.4) is 0 Å². The summed E-state index contributed by atoms with van der Waals surface area (Å²) < 4.78 is 7.25. The number of morpholine rings is 1. The van der Waals surface area contributed by atoms with Crippen molar-refractivity contribution in [2.75, 3.05) is 38.6 Å². The molecule has 3 heterocycles. The van der Waals surface area contributed by atoms with Gasteiger partial charge in [-0.2, -0.15) is 0 Å². The predicted molar refractivity (Wildman–Crippen MR) is 68.4 cm³/mol. The molecule has 0 aromatic carbocycles. The Hall–Kier alpha value is -1.66. The number of ether oxygens (including phenoxy) is 1. The lowest BCUT2D eigenvalue weighted by molar-refractivity contribution is 0.0382. The van der Waals surface area contributed by atoms with Gasteiger partial charge in [-0.1, -0.05) is 6.07 Å². The lowest BCUT2D eigenvalue weighted by atomic mass is 10.3. The highest BCUT2D eigenvalue weighted by Crippen LogP contribution is 2.11. The fraction of sp³-hybridized carbons (Fsp3) is 0.500. The summed E-state index contributed by atoms with van der Waals surface area (Å²) in [4.78, 5) is 2.38. The molecule has 1 aliphatic rings. The molecule has 0 bridgehead atoms. The van der Waals surface area contributed by atoms with E-state index in [4.69, 9.17) is 10.5 Å². The normalized spacial score (nSPS) is 17.3. The summed E-state index contributed by atoms with van der Waals surface area (Å²) in [7, 11) is 0. The summed E-state index contributed by atoms with van der Waals surface area (Å²) in [6.07, 6.45) is 0.857. The van der Waals surface area contributed by atoms with Gasteiger partial charge in [0.2, 0.25) is 0 Å². The molecule has 0 amide bonds. The van der Waals surface area contributed by atoms with Gasteiger partial charge in [-0.05, 0) is 12.1 Å². The summed E-state index contributed by atoms with van der Waals surface area (Å²) in [5.74, 6) is 1.61. The molecule has 2 N–H and O–H groups in total. The highest BCUT2D eigenvalue weighted by Gasteiger charge is 2.13. The second-order valence-corrected chi connectivity index (χ2v) is 4.46. The molecule has 1 saturated heterocycles. The number of pyridine rings is 1. The first-order valence-electron chi connectivity index (χ1n) is 6.23. The Balaban J connectivity index is 1.74. The number of nitrogens with zero attached hydrogens (tertiary/aromatic N) is 4. The maximum atomic E-state index is 5.96. The van der Waals surface area contributed by atoms with E-state index in [1.807, 2.05) is 22.6 Å². The van der Waals surface area contributed by atoms with Crippen LogP contribution in [0.4, 0.5) is 5.82 Å². The van der Waals surface area contributed by atoms with E-state index in [2.05, 4.69) is 15.1 Å². The summed E-state index contributed by atoms with van der Waals surface area (Å²) in [5.41, 5.74) is 6.77. The van der Waals surface area contributed by atoms with Gasteiger partial charge in [-0.3, -0.25) is 9.30 Å². The molecule has 0 unspecified atom stereocenters. The molecule has 1 aliphatic heterocycles. The predicted octanol–water partition coefficient (Wildman–Crippen LogP) is 0.186. The van der Waals surface area contributed by atoms with Gasteiger partial charge in [0, 0.05) is 26.1 Å². The first-order valence-corrected chi connectivity index (χ1v) is 6.23. The Kier molecular flexibility index (Phi) is 3.12. The van der Waals surface area contributed by atoms with E-state index < -0.39 is 0 Å². The Morgan fingerprint density at radius 3 is 2.89 bits per heavy atom. The molecule has 0 saturated carbocycles. The fourth-order valence-electron chi connectivity index (χ4n) is 2.27. The average molecular weight is 247 g/mol. The van der Waals surface area contributed by atoms with Gasteiger partial charge in [0.1, 0.15) is 11.6 Å². The van der Waals surface area contributed by atoms with E-state index in [0.717, 1.165) is 50.7 Å². The van der Waals surface area contributed by atoms with Crippen molar-refractivity contribution in [3.63, 3.8) is 0 Å². The average Bonchev–Trinajstić information content (AvgIpc) is 2.82. The Morgan fingerprint density at radius 2 is 2.06 bits per heavy atom. The van der Waals surface area contributed by atoms with Crippen molar-refractivity contribution >= 4 is 11.5 Å². The van der Waals surface area contributed by atoms with Crippen LogP contribution in [0.5, 0.6) is 0 Å². The molecular weight excluding hydrogens is 230 g/mol. The Morgan fingerprint density at radius 1 is 1.22 bits per heavy atom. The first kappa shape index (κ1) is 11.4. The van der Waals surface area contributed by atoms with Crippen LogP contribution >= 0.6 is 0 Å². The standard InChI is InChI=1S/C12H17N5O/c13-10-2-1-3-11-14-15-12(17(10)11)4-5-16-6-8-18-9-7-16/h1-3H,4-9,13H2. The fourth-order valence-corrected chi connectivity index (χ4v) is 2.27. The first-order chi connectivity index (χ1) is 8.84. The van der Waals surface area contributed by atoms with E-state index in [9.17, 15) is 0 Å². The molecule has 6 nitrogen and oxygen atoms in total. The van der Waals surface area contributed by atoms with E-state index >= 15 is 0 Å². The van der Waals surface area contributed by atoms with Gasteiger partial charge in [-0.15, -0.1) is 10.2 Å². The van der Waals surface area contributed by atoms with Crippen LogP contribution < -0.4 is 5.73 Å². The van der Waals surface area contributed by atoms with E-state index in [-0.39, 0.29) is 0 Å². The summed E-state index contributed by atoms with van der Waals surface area (Å²) in [6.45, 7) is 4.60. The number of rotatable bonds is 3. The molecule has 3 rings (SSSR count). The largest absolute Gasteiger partial charge is 0.385 e. The SMILES string of the molecule is Nc1cccc2nnc(CCN3CCOCC3)n12. The third kappa shape index (κ3) is 2.16. The molecule has 2 aromatic rings. The zero-order valence-corrected chi connectivity index (χ0v) is 10.2. The van der Waals surface area contributed by atoms with Crippen LogP contribution in [0, 0.1) is 0 Å². The molecule has 18 heavy (non-hydrogen) atoms. The second-order valence-electron chi connectivity index (χ2n) is 4.46. The minimum atomic E-state index is 0.689. The molecule has 0 aliphatic carbocycles. The minimum absolute atomic E-state index is 0.689. The quantitative estimate of drug-likeness (QED) is 0.838. The van der Waals surface area contributed by atoms with Crippen LogP contribution in [-0.4, -0.2) is 52.3 Å². The maximum Gasteiger partial charge on any atom is 0.162 e. The molecule has 0 radical (unpaired) electrons. The lowest BCUT2D eigenvalue weighted by Gasteiger charge is -2.26. The molecule has 6 heteroatoms. The van der Waals surface area contributed by atoms with Gasteiger partial charge in [0.25, 0.3) is 0 Å². The van der Waals surface area contributed by atoms with Crippen molar-refractivity contribution in [2.24, 2.45) is 0 Å². The monoisotopic (exact) mass is 247 g/mol. The van der Waals surface area contributed by atoms with Gasteiger partial charge >= 0.3 is 0 Å². The maximum absolute atomic E-state index is 5.96. The van der Waals surface area contributed by atoms with E-state index in [1.54, 1.807) is 0 Å². The molecule has 1 fully saturated rings. The van der Waals surface area contributed by atoms with Crippen LogP contribution in [0.25, 0.3) is 5.65 Å². The van der Waals surface area contributed by atoms with E-state index in [0.29, 0.717) is 5.82 Å². The van der Waals surface area contributed by atoms with Crippen molar-refractivity contribution in [3.8, 4) is 0 Å². The van der Waals surface area contributed by atoms with Gasteiger partial charge in [0.05, 0.1) is 13.2 Å². The molecule has 96 valence electrons. The summed E-state index contributed by atoms with van der Waals surface area (Å²) in [5, 5.41) is 8.35. The number of fused-ring (bicyclic) bond motifs is 1. The van der Waals surface area contributed by atoms with Crippen molar-refractivity contribution in [1.82, 2.24) is 19.5 Å². The van der Waals surface area contributed by atoms with Crippen LogP contribution in [0.2, 0.25) is 0 Å². The smallest absolute Gasteiger partial charge is 0.162 e. The van der Waals surface area contributed by atoms with Crippen LogP contribution in [0.15, 0.2) is 18.2 Å². The van der Waals surface area contributed by atoms with Gasteiger partial charge in [-0.25, -0.2) is 0 Å². The van der Waals surface area contributed by atoms with Crippen molar-refractivity contribution in [1.29, 1.82) is 0 Å². The number of nitrogens with two attached hydrogens (primary N) is 1. The highest BCUT2D eigenvalue weighted by atomic mass is 16.5. The van der Waals surface area contributed by atoms with Gasteiger partial charge in [0.15, 0.2) is 5.65 Å². The Labute approximate surface area is 105 Å². The number of anilines is 1. The van der Waals surface area contributed by atoms with Crippen molar-refractivity contribution in [2.45, 2.75) is 6.42 Å². The molecule has 0 spiro atoms. The molecular formula is C12H17N5O. The minimum Gasteiger partial charge on any atom is -0.385 e. The number of hydrogen-bond acceptors (Lipinski definition) is 5. The van der Waals surface area contributed by atoms with Crippen molar-refractivity contribution < 1.29 is 4.74 Å².